The van der Waals surface area contributed by atoms with Gasteiger partial charge in [0.05, 0.1) is 0 Å². The van der Waals surface area contributed by atoms with Gasteiger partial charge in [0.2, 0.25) is 5.91 Å². The van der Waals surface area contributed by atoms with E-state index in [0.29, 0.717) is 16.8 Å². The molecule has 6 heteroatoms. The Morgan fingerprint density at radius 1 is 1.75 bits per heavy atom. The molecule has 0 bridgehead atoms. The lowest BCUT2D eigenvalue weighted by Gasteiger charge is -2.08. The number of nitrogens with zero attached hydrogens (tertiary/aromatic N) is 2. The Morgan fingerprint density at radius 3 is 3.06 bits per heavy atom. The Hall–Kier alpha value is -1.43. The van der Waals surface area contributed by atoms with Gasteiger partial charge in [-0.05, 0) is 22.9 Å². The van der Waals surface area contributed by atoms with Gasteiger partial charge in [0.1, 0.15) is 16.8 Å². The van der Waals surface area contributed by atoms with Gasteiger partial charge in [-0.3, -0.25) is 14.2 Å². The molecule has 1 aromatic heterocycles. The smallest absolute Gasteiger partial charge is 0.268 e. The van der Waals surface area contributed by atoms with Crippen LogP contribution in [0.1, 0.15) is 5.82 Å². The standard InChI is InChI=1S/C10H12BrN3O2/c1-3-4-12-9(15)6-14-7(2)13-5-8(11)10(14)16/h3,5H,1,4,6H2,2H3,(H,12,15). The Morgan fingerprint density at radius 2 is 2.44 bits per heavy atom. The van der Waals surface area contributed by atoms with E-state index in [1.165, 1.54) is 10.8 Å². The summed E-state index contributed by atoms with van der Waals surface area (Å²) in [5, 5.41) is 2.59. The van der Waals surface area contributed by atoms with E-state index in [2.05, 4.69) is 32.8 Å². The minimum absolute atomic E-state index is 0.0368. The molecule has 0 aliphatic heterocycles. The quantitative estimate of drug-likeness (QED) is 0.825. The maximum Gasteiger partial charge on any atom is 0.268 e. The van der Waals surface area contributed by atoms with Gasteiger partial charge in [0.25, 0.3) is 5.56 Å². The molecule has 1 heterocycles. The van der Waals surface area contributed by atoms with Gasteiger partial charge in [0, 0.05) is 12.7 Å². The zero-order chi connectivity index (χ0) is 12.1. The summed E-state index contributed by atoms with van der Waals surface area (Å²) in [4.78, 5) is 27.1. The fourth-order valence-electron chi connectivity index (χ4n) is 1.12. The monoisotopic (exact) mass is 285 g/mol. The summed E-state index contributed by atoms with van der Waals surface area (Å²) < 4.78 is 1.65. The van der Waals surface area contributed by atoms with Crippen molar-refractivity contribution in [1.82, 2.24) is 14.9 Å². The lowest BCUT2D eigenvalue weighted by molar-refractivity contribution is -0.121. The molecule has 0 spiro atoms. The second-order valence-electron chi connectivity index (χ2n) is 3.14. The Labute approximate surface area is 101 Å². The van der Waals surface area contributed by atoms with Crippen LogP contribution in [0, 0.1) is 6.92 Å². The van der Waals surface area contributed by atoms with Crippen LogP contribution in [0.25, 0.3) is 0 Å². The summed E-state index contributed by atoms with van der Waals surface area (Å²) in [7, 11) is 0. The SMILES string of the molecule is C=CCNC(=O)Cn1c(C)ncc(Br)c1=O. The highest BCUT2D eigenvalue weighted by Gasteiger charge is 2.08. The number of hydrogen-bond donors (Lipinski definition) is 1. The average Bonchev–Trinajstić information content (AvgIpc) is 2.27. The highest BCUT2D eigenvalue weighted by Crippen LogP contribution is 2.01. The van der Waals surface area contributed by atoms with Crippen LogP contribution < -0.4 is 10.9 Å². The number of hydrogen-bond acceptors (Lipinski definition) is 3. The third-order valence-corrected chi connectivity index (χ3v) is 2.49. The summed E-state index contributed by atoms with van der Waals surface area (Å²) >= 11 is 3.08. The number of carbonyl (C=O) groups is 1. The molecule has 0 fully saturated rings. The van der Waals surface area contributed by atoms with Gasteiger partial charge in [0.15, 0.2) is 0 Å². The molecule has 0 unspecified atom stereocenters. The topological polar surface area (TPSA) is 64.0 Å². The molecule has 5 nitrogen and oxygen atoms in total. The lowest BCUT2D eigenvalue weighted by Crippen LogP contribution is -2.34. The van der Waals surface area contributed by atoms with Crippen molar-refractivity contribution >= 4 is 21.8 Å². The predicted molar refractivity (Wildman–Crippen MR) is 64.1 cm³/mol. The molecule has 1 rings (SSSR count). The molecule has 16 heavy (non-hydrogen) atoms. The lowest BCUT2D eigenvalue weighted by atomic mass is 10.4. The van der Waals surface area contributed by atoms with Gasteiger partial charge >= 0.3 is 0 Å². The number of rotatable bonds is 4. The van der Waals surface area contributed by atoms with Crippen LogP contribution in [0.3, 0.4) is 0 Å². The van der Waals surface area contributed by atoms with E-state index in [1.54, 1.807) is 13.0 Å². The number of nitrogens with one attached hydrogen (secondary N) is 1. The van der Waals surface area contributed by atoms with Crippen molar-refractivity contribution in [3.8, 4) is 0 Å². The maximum atomic E-state index is 11.7. The van der Waals surface area contributed by atoms with E-state index in [4.69, 9.17) is 0 Å². The third kappa shape index (κ3) is 3.03. The zero-order valence-corrected chi connectivity index (χ0v) is 10.5. The second-order valence-corrected chi connectivity index (χ2v) is 3.99. The first kappa shape index (κ1) is 12.6. The maximum absolute atomic E-state index is 11.7. The fourth-order valence-corrected chi connectivity index (χ4v) is 1.44. The third-order valence-electron chi connectivity index (χ3n) is 1.95. The van der Waals surface area contributed by atoms with E-state index in [0.717, 1.165) is 0 Å². The molecule has 0 aromatic carbocycles. The minimum Gasteiger partial charge on any atom is -0.351 e. The first-order chi connectivity index (χ1) is 7.56. The Balaban J connectivity index is 2.89. The molecule has 0 saturated carbocycles. The number of halogens is 1. The molecule has 0 radical (unpaired) electrons. The van der Waals surface area contributed by atoms with Crippen LogP contribution in [-0.4, -0.2) is 22.0 Å². The van der Waals surface area contributed by atoms with E-state index in [-0.39, 0.29) is 18.0 Å². The molecule has 0 saturated heterocycles. The van der Waals surface area contributed by atoms with Crippen LogP contribution in [0.5, 0.6) is 0 Å². The summed E-state index contributed by atoms with van der Waals surface area (Å²) in [5.74, 6) is 0.256. The van der Waals surface area contributed by atoms with Crippen molar-refractivity contribution in [2.45, 2.75) is 13.5 Å². The average molecular weight is 286 g/mol. The van der Waals surface area contributed by atoms with Crippen molar-refractivity contribution in [3.05, 3.63) is 39.5 Å². The first-order valence-corrected chi connectivity index (χ1v) is 5.45. The van der Waals surface area contributed by atoms with Crippen LogP contribution in [-0.2, 0) is 11.3 Å². The van der Waals surface area contributed by atoms with Crippen molar-refractivity contribution in [2.24, 2.45) is 0 Å². The Bertz CT molecular complexity index is 468. The van der Waals surface area contributed by atoms with Crippen LogP contribution in [0.4, 0.5) is 0 Å². The molecule has 0 aliphatic rings. The van der Waals surface area contributed by atoms with E-state index >= 15 is 0 Å². The largest absolute Gasteiger partial charge is 0.351 e. The molecule has 1 aromatic rings. The van der Waals surface area contributed by atoms with Gasteiger partial charge in [-0.25, -0.2) is 4.98 Å². The molecule has 1 amide bonds. The number of aryl methyl sites for hydroxylation is 1. The number of aromatic nitrogens is 2. The normalized spacial score (nSPS) is 9.88. The van der Waals surface area contributed by atoms with E-state index in [9.17, 15) is 9.59 Å². The number of amides is 1. The first-order valence-electron chi connectivity index (χ1n) is 4.65. The zero-order valence-electron chi connectivity index (χ0n) is 8.86. The van der Waals surface area contributed by atoms with Crippen LogP contribution in [0.2, 0.25) is 0 Å². The minimum atomic E-state index is -0.263. The summed E-state index contributed by atoms with van der Waals surface area (Å²) in [6.07, 6.45) is 3.00. The summed E-state index contributed by atoms with van der Waals surface area (Å²) in [6, 6.07) is 0. The van der Waals surface area contributed by atoms with Gasteiger partial charge in [-0.1, -0.05) is 6.08 Å². The van der Waals surface area contributed by atoms with Gasteiger partial charge in [-0.2, -0.15) is 0 Å². The van der Waals surface area contributed by atoms with Crippen LogP contribution in [0.15, 0.2) is 28.1 Å². The van der Waals surface area contributed by atoms with Crippen molar-refractivity contribution in [3.63, 3.8) is 0 Å². The molecule has 1 N–H and O–H groups in total. The molecule has 86 valence electrons. The van der Waals surface area contributed by atoms with Gasteiger partial charge in [-0.15, -0.1) is 6.58 Å². The molecule has 0 aliphatic carbocycles. The van der Waals surface area contributed by atoms with Gasteiger partial charge < -0.3 is 5.32 Å². The second kappa shape index (κ2) is 5.60. The van der Waals surface area contributed by atoms with Crippen molar-refractivity contribution in [2.75, 3.05) is 6.54 Å². The molecular weight excluding hydrogens is 274 g/mol. The van der Waals surface area contributed by atoms with Crippen molar-refractivity contribution in [1.29, 1.82) is 0 Å². The highest BCUT2D eigenvalue weighted by atomic mass is 79.9. The highest BCUT2D eigenvalue weighted by molar-refractivity contribution is 9.10. The van der Waals surface area contributed by atoms with Crippen molar-refractivity contribution < 1.29 is 4.79 Å². The van der Waals surface area contributed by atoms with E-state index < -0.39 is 0 Å². The molecular formula is C10H12BrN3O2. The predicted octanol–water partition coefficient (Wildman–Crippen LogP) is 0.616. The Kier molecular flexibility index (Phi) is 4.42. The fraction of sp³-hybridized carbons (Fsp3) is 0.300. The number of carbonyl (C=O) groups excluding carboxylic acids is 1. The molecule has 0 atom stereocenters. The summed E-state index contributed by atoms with van der Waals surface area (Å²) in [5.41, 5.74) is -0.263. The van der Waals surface area contributed by atoms with Crippen LogP contribution >= 0.6 is 15.9 Å². The van der Waals surface area contributed by atoms with E-state index in [1.807, 2.05) is 0 Å². The summed E-state index contributed by atoms with van der Waals surface area (Å²) in [6.45, 7) is 5.51.